The quantitative estimate of drug-likeness (QED) is 0.227. The van der Waals surface area contributed by atoms with Crippen molar-refractivity contribution in [3.63, 3.8) is 0 Å². The molecule has 1 amide bonds. The van der Waals surface area contributed by atoms with Crippen LogP contribution in [0.25, 0.3) is 0 Å². The van der Waals surface area contributed by atoms with Crippen molar-refractivity contribution >= 4 is 11.9 Å². The second-order valence-corrected chi connectivity index (χ2v) is 8.18. The molecular weight excluding hydrogens is 490 g/mol. The average Bonchev–Trinajstić information content (AvgIpc) is 2.86. The number of benzene rings is 2. The minimum absolute atomic E-state index is 0.0605. The van der Waals surface area contributed by atoms with Crippen LogP contribution in [0.5, 0.6) is 17.2 Å². The van der Waals surface area contributed by atoms with Crippen LogP contribution in [0.2, 0.25) is 0 Å². The largest absolute Gasteiger partial charge is 0.499 e. The Bertz CT molecular complexity index is 1280. The minimum Gasteiger partial charge on any atom is -0.499 e. The standard InChI is InChI=1S/C26H26F2N2O7/c1-14(29-25(32)23-24(31)20(35-3)11-12-30(23)34)26(33)37-15(2)22(16-5-7-17(27)8-6-16)19-10-9-18(28)13-21(19)36-4/h5-15,22H,1-4H3,(H2-,29,31,32,34)/p+1/t14-,15-,22+/m0/s1. The molecule has 0 aliphatic rings. The van der Waals surface area contributed by atoms with E-state index in [1.54, 1.807) is 6.92 Å². The first kappa shape index (κ1) is 27.2. The summed E-state index contributed by atoms with van der Waals surface area (Å²) in [5.41, 5.74) is 0.522. The van der Waals surface area contributed by atoms with Crippen LogP contribution in [-0.4, -0.2) is 48.6 Å². The van der Waals surface area contributed by atoms with Gasteiger partial charge in [0.2, 0.25) is 11.9 Å². The van der Waals surface area contributed by atoms with E-state index in [0.717, 1.165) is 6.20 Å². The summed E-state index contributed by atoms with van der Waals surface area (Å²) in [6, 6.07) is 9.48. The SMILES string of the molecule is COc1cc(F)ccc1[C@@H](c1ccc(F)cc1)[C@H](C)OC(=O)[C@H](C)NC(=O)c1c(O)c(OC)cc[n+]1O. The molecule has 0 fully saturated rings. The fourth-order valence-electron chi connectivity index (χ4n) is 3.89. The molecule has 3 aromatic rings. The van der Waals surface area contributed by atoms with Gasteiger partial charge in [0.05, 0.1) is 20.3 Å². The first-order valence-corrected chi connectivity index (χ1v) is 11.2. The van der Waals surface area contributed by atoms with Crippen molar-refractivity contribution < 1.29 is 47.6 Å². The molecular formula is C26H27F2N2O7+. The van der Waals surface area contributed by atoms with E-state index < -0.39 is 53.0 Å². The zero-order valence-electron chi connectivity index (χ0n) is 20.6. The number of nitrogens with zero attached hydrogens (tertiary/aromatic N) is 1. The van der Waals surface area contributed by atoms with Gasteiger partial charge in [0.15, 0.2) is 5.75 Å². The third-order valence-corrected chi connectivity index (χ3v) is 5.72. The van der Waals surface area contributed by atoms with Crippen LogP contribution in [0.4, 0.5) is 8.78 Å². The van der Waals surface area contributed by atoms with Crippen LogP contribution >= 0.6 is 0 Å². The van der Waals surface area contributed by atoms with Crippen molar-refractivity contribution in [2.45, 2.75) is 31.9 Å². The van der Waals surface area contributed by atoms with Crippen molar-refractivity contribution in [2.75, 3.05) is 14.2 Å². The van der Waals surface area contributed by atoms with Crippen molar-refractivity contribution in [3.05, 3.63) is 83.2 Å². The third kappa shape index (κ3) is 6.05. The van der Waals surface area contributed by atoms with E-state index in [9.17, 15) is 28.7 Å². The Balaban J connectivity index is 1.84. The average molecular weight is 518 g/mol. The molecule has 3 N–H and O–H groups in total. The molecule has 0 unspecified atom stereocenters. The predicted octanol–water partition coefficient (Wildman–Crippen LogP) is 3.09. The lowest BCUT2D eigenvalue weighted by Crippen LogP contribution is -2.47. The second kappa shape index (κ2) is 11.5. The van der Waals surface area contributed by atoms with Gasteiger partial charge in [-0.15, -0.1) is 0 Å². The van der Waals surface area contributed by atoms with Gasteiger partial charge in [-0.25, -0.2) is 13.6 Å². The smallest absolute Gasteiger partial charge is 0.366 e. The Morgan fingerprint density at radius 1 is 0.946 bits per heavy atom. The van der Waals surface area contributed by atoms with Crippen molar-refractivity contribution in [1.82, 2.24) is 5.32 Å². The zero-order valence-corrected chi connectivity index (χ0v) is 20.6. The second-order valence-electron chi connectivity index (χ2n) is 8.18. The van der Waals surface area contributed by atoms with Gasteiger partial charge in [-0.1, -0.05) is 18.2 Å². The number of hydrogen-bond donors (Lipinski definition) is 3. The number of esters is 1. The summed E-state index contributed by atoms with van der Waals surface area (Å²) >= 11 is 0. The van der Waals surface area contributed by atoms with E-state index in [-0.39, 0.29) is 11.5 Å². The van der Waals surface area contributed by atoms with E-state index in [0.29, 0.717) is 15.9 Å². The van der Waals surface area contributed by atoms with Crippen molar-refractivity contribution in [3.8, 4) is 17.2 Å². The number of methoxy groups -OCH3 is 2. The Kier molecular flexibility index (Phi) is 8.49. The zero-order chi connectivity index (χ0) is 27.3. The number of carbonyl (C=O) groups excluding carboxylic acids is 2. The van der Waals surface area contributed by atoms with E-state index in [2.05, 4.69) is 5.32 Å². The Labute approximate surface area is 211 Å². The number of aromatic hydroxyl groups is 1. The van der Waals surface area contributed by atoms with Gasteiger partial charge in [-0.05, 0) is 37.6 Å². The maximum Gasteiger partial charge on any atom is 0.366 e. The monoisotopic (exact) mass is 517 g/mol. The summed E-state index contributed by atoms with van der Waals surface area (Å²) < 4.78 is 43.7. The Morgan fingerprint density at radius 3 is 2.19 bits per heavy atom. The molecule has 3 atom stereocenters. The lowest BCUT2D eigenvalue weighted by atomic mass is 9.86. The predicted molar refractivity (Wildman–Crippen MR) is 126 cm³/mol. The molecule has 1 aromatic heterocycles. The lowest BCUT2D eigenvalue weighted by molar-refractivity contribution is -0.906. The summed E-state index contributed by atoms with van der Waals surface area (Å²) in [7, 11) is 2.64. The van der Waals surface area contributed by atoms with Gasteiger partial charge in [0.1, 0.15) is 29.5 Å². The highest BCUT2D eigenvalue weighted by molar-refractivity contribution is 5.96. The van der Waals surface area contributed by atoms with Crippen LogP contribution in [0.3, 0.4) is 0 Å². The number of hydrogen-bond acceptors (Lipinski definition) is 7. The molecule has 1 heterocycles. The topological polar surface area (TPSA) is 118 Å². The minimum atomic E-state index is -1.20. The first-order valence-electron chi connectivity index (χ1n) is 11.2. The number of nitrogens with one attached hydrogen (secondary N) is 1. The van der Waals surface area contributed by atoms with Gasteiger partial charge in [-0.2, -0.15) is 0 Å². The summed E-state index contributed by atoms with van der Waals surface area (Å²) in [5.74, 6) is -3.94. The normalized spacial score (nSPS) is 13.2. The maximum atomic E-state index is 13.8. The molecule has 0 aliphatic carbocycles. The van der Waals surface area contributed by atoms with E-state index in [1.807, 2.05) is 0 Å². The summed E-state index contributed by atoms with van der Waals surface area (Å²) in [6.07, 6.45) is 0.215. The van der Waals surface area contributed by atoms with E-state index in [4.69, 9.17) is 14.2 Å². The van der Waals surface area contributed by atoms with Gasteiger partial charge in [-0.3, -0.25) is 10.0 Å². The van der Waals surface area contributed by atoms with Crippen LogP contribution in [0.15, 0.2) is 54.7 Å². The fraction of sp³-hybridized carbons (Fsp3) is 0.269. The lowest BCUT2D eigenvalue weighted by Gasteiger charge is -2.27. The molecule has 9 nitrogen and oxygen atoms in total. The highest BCUT2D eigenvalue weighted by Gasteiger charge is 2.33. The van der Waals surface area contributed by atoms with Crippen molar-refractivity contribution in [1.29, 1.82) is 0 Å². The number of ether oxygens (including phenoxy) is 3. The first-order chi connectivity index (χ1) is 17.6. The fourth-order valence-corrected chi connectivity index (χ4v) is 3.89. The molecule has 0 saturated carbocycles. The number of pyridine rings is 1. The number of amides is 1. The van der Waals surface area contributed by atoms with Gasteiger partial charge < -0.3 is 24.6 Å². The Hall–Kier alpha value is -4.41. The van der Waals surface area contributed by atoms with Crippen molar-refractivity contribution in [2.24, 2.45) is 0 Å². The number of halogens is 2. The molecule has 11 heteroatoms. The third-order valence-electron chi connectivity index (χ3n) is 5.72. The van der Waals surface area contributed by atoms with Gasteiger partial charge >= 0.3 is 17.6 Å². The highest BCUT2D eigenvalue weighted by Crippen LogP contribution is 2.36. The van der Waals surface area contributed by atoms with E-state index in [1.165, 1.54) is 69.7 Å². The summed E-state index contributed by atoms with van der Waals surface area (Å²) in [4.78, 5) is 25.6. The summed E-state index contributed by atoms with van der Waals surface area (Å²) in [5, 5.41) is 22.5. The molecule has 196 valence electrons. The number of aromatic nitrogens is 1. The van der Waals surface area contributed by atoms with Crippen LogP contribution in [0.1, 0.15) is 41.4 Å². The molecule has 0 aliphatic heterocycles. The molecule has 0 saturated heterocycles. The molecule has 2 aromatic carbocycles. The Morgan fingerprint density at radius 2 is 1.57 bits per heavy atom. The van der Waals surface area contributed by atoms with E-state index >= 15 is 0 Å². The van der Waals surface area contributed by atoms with Gasteiger partial charge in [0.25, 0.3) is 0 Å². The van der Waals surface area contributed by atoms with Gasteiger partial charge in [0, 0.05) is 22.3 Å². The molecule has 0 bridgehead atoms. The van der Waals surface area contributed by atoms with Crippen LogP contribution in [0, 0.1) is 11.6 Å². The number of carbonyl (C=O) groups is 2. The molecule has 0 radical (unpaired) electrons. The highest BCUT2D eigenvalue weighted by atomic mass is 19.1. The van der Waals surface area contributed by atoms with Crippen LogP contribution in [-0.2, 0) is 9.53 Å². The molecule has 37 heavy (non-hydrogen) atoms. The summed E-state index contributed by atoms with van der Waals surface area (Å²) in [6.45, 7) is 2.95. The molecule has 3 rings (SSSR count). The maximum absolute atomic E-state index is 13.8. The van der Waals surface area contributed by atoms with Crippen LogP contribution < -0.4 is 19.5 Å². The molecule has 0 spiro atoms. The number of rotatable bonds is 9.